The van der Waals surface area contributed by atoms with Crippen LogP contribution in [-0.2, 0) is 4.79 Å². The Bertz CT molecular complexity index is 779. The van der Waals surface area contributed by atoms with E-state index in [2.05, 4.69) is 5.32 Å². The van der Waals surface area contributed by atoms with Crippen LogP contribution in [0.2, 0.25) is 0 Å². The minimum Gasteiger partial charge on any atom is -0.479 e. The van der Waals surface area contributed by atoms with Crippen LogP contribution in [0, 0.1) is 17.5 Å². The van der Waals surface area contributed by atoms with Crippen molar-refractivity contribution in [1.29, 1.82) is 0 Å². The zero-order valence-electron chi connectivity index (χ0n) is 11.4. The molecule has 0 spiro atoms. The van der Waals surface area contributed by atoms with E-state index in [1.54, 1.807) is 0 Å². The first kappa shape index (κ1) is 16.5. The molecular weight excluding hydrogens is 315 g/mol. The van der Waals surface area contributed by atoms with Gasteiger partial charge in [-0.15, -0.1) is 0 Å². The summed E-state index contributed by atoms with van der Waals surface area (Å²) in [5, 5.41) is 20.3. The van der Waals surface area contributed by atoms with Gasteiger partial charge in [0.15, 0.2) is 17.7 Å². The molecular formula is C15H10F3NO4. The molecule has 2 aromatic carbocycles. The van der Waals surface area contributed by atoms with Crippen LogP contribution in [0.25, 0.3) is 0 Å². The molecule has 0 aliphatic heterocycles. The lowest BCUT2D eigenvalue weighted by atomic mass is 10.0. The van der Waals surface area contributed by atoms with Gasteiger partial charge in [-0.05, 0) is 30.3 Å². The van der Waals surface area contributed by atoms with Crippen LogP contribution in [0.5, 0.6) is 0 Å². The summed E-state index contributed by atoms with van der Waals surface area (Å²) < 4.78 is 39.4. The fourth-order valence-corrected chi connectivity index (χ4v) is 1.80. The third-order valence-corrected chi connectivity index (χ3v) is 2.96. The summed E-state index contributed by atoms with van der Waals surface area (Å²) >= 11 is 0. The average Bonchev–Trinajstić information content (AvgIpc) is 2.50. The van der Waals surface area contributed by atoms with Crippen LogP contribution < -0.4 is 5.32 Å². The van der Waals surface area contributed by atoms with Gasteiger partial charge in [0.2, 0.25) is 0 Å². The molecule has 5 nitrogen and oxygen atoms in total. The van der Waals surface area contributed by atoms with Gasteiger partial charge < -0.3 is 15.5 Å². The Morgan fingerprint density at radius 3 is 2.22 bits per heavy atom. The maximum atomic E-state index is 13.5. The van der Waals surface area contributed by atoms with Crippen molar-refractivity contribution in [3.63, 3.8) is 0 Å². The molecule has 0 bridgehead atoms. The molecule has 1 amide bonds. The van der Waals surface area contributed by atoms with Gasteiger partial charge in [0, 0.05) is 22.9 Å². The number of hydrogen-bond acceptors (Lipinski definition) is 3. The van der Waals surface area contributed by atoms with Crippen LogP contribution >= 0.6 is 0 Å². The second kappa shape index (κ2) is 6.49. The number of carboxylic acids is 1. The van der Waals surface area contributed by atoms with Gasteiger partial charge in [0.1, 0.15) is 5.82 Å². The summed E-state index contributed by atoms with van der Waals surface area (Å²) in [6, 6.07) is 5.43. The van der Waals surface area contributed by atoms with Gasteiger partial charge >= 0.3 is 5.97 Å². The molecule has 2 rings (SSSR count). The van der Waals surface area contributed by atoms with E-state index in [4.69, 9.17) is 5.11 Å². The minimum atomic E-state index is -2.13. The molecule has 120 valence electrons. The molecule has 0 aliphatic rings. The smallest absolute Gasteiger partial charge is 0.337 e. The summed E-state index contributed by atoms with van der Waals surface area (Å²) in [5.74, 6) is -5.73. The molecule has 1 atom stereocenters. The predicted octanol–water partition coefficient (Wildman–Crippen LogP) is 2.47. The molecule has 2 aromatic rings. The number of aliphatic hydroxyl groups is 1. The Morgan fingerprint density at radius 2 is 1.61 bits per heavy atom. The second-order valence-corrected chi connectivity index (χ2v) is 4.56. The Morgan fingerprint density at radius 1 is 0.957 bits per heavy atom. The molecule has 1 unspecified atom stereocenters. The molecule has 0 aromatic heterocycles. The highest BCUT2D eigenvalue weighted by atomic mass is 19.2. The fourth-order valence-electron chi connectivity index (χ4n) is 1.80. The number of aliphatic carboxylic acids is 1. The number of carbonyl (C=O) groups is 2. The van der Waals surface area contributed by atoms with E-state index >= 15 is 0 Å². The molecule has 0 radical (unpaired) electrons. The van der Waals surface area contributed by atoms with E-state index in [1.807, 2.05) is 0 Å². The zero-order valence-corrected chi connectivity index (χ0v) is 11.4. The van der Waals surface area contributed by atoms with E-state index in [-0.39, 0.29) is 11.3 Å². The topological polar surface area (TPSA) is 86.6 Å². The quantitative estimate of drug-likeness (QED) is 0.806. The molecule has 3 N–H and O–H groups in total. The summed E-state index contributed by atoms with van der Waals surface area (Å²) in [5.41, 5.74) is -0.791. The molecule has 0 saturated carbocycles. The van der Waals surface area contributed by atoms with Crippen molar-refractivity contribution in [2.24, 2.45) is 0 Å². The first-order chi connectivity index (χ1) is 10.8. The average molecular weight is 325 g/mol. The Balaban J connectivity index is 2.27. The molecule has 0 fully saturated rings. The van der Waals surface area contributed by atoms with Crippen molar-refractivity contribution >= 4 is 17.6 Å². The number of hydrogen-bond donors (Lipinski definition) is 3. The normalized spacial score (nSPS) is 11.8. The fraction of sp³-hybridized carbons (Fsp3) is 0.0667. The van der Waals surface area contributed by atoms with Crippen LogP contribution in [0.3, 0.4) is 0 Å². The second-order valence-electron chi connectivity index (χ2n) is 4.56. The molecule has 0 saturated heterocycles. The van der Waals surface area contributed by atoms with E-state index < -0.39 is 41.0 Å². The lowest BCUT2D eigenvalue weighted by Crippen LogP contribution is -2.16. The third-order valence-electron chi connectivity index (χ3n) is 2.96. The highest BCUT2D eigenvalue weighted by molar-refractivity contribution is 6.04. The Labute approximate surface area is 128 Å². The maximum Gasteiger partial charge on any atom is 0.337 e. The minimum absolute atomic E-state index is 0.0430. The summed E-state index contributed by atoms with van der Waals surface area (Å²) in [7, 11) is 0. The van der Waals surface area contributed by atoms with Crippen LogP contribution in [-0.4, -0.2) is 22.1 Å². The highest BCUT2D eigenvalue weighted by Crippen LogP contribution is 2.20. The number of rotatable bonds is 4. The van der Waals surface area contributed by atoms with Gasteiger partial charge in [0.25, 0.3) is 5.91 Å². The van der Waals surface area contributed by atoms with Crippen molar-refractivity contribution in [3.8, 4) is 0 Å². The number of carboxylic acid groups (broad SMARTS) is 1. The van der Waals surface area contributed by atoms with Crippen molar-refractivity contribution < 1.29 is 33.0 Å². The van der Waals surface area contributed by atoms with Crippen LogP contribution in [0.4, 0.5) is 18.9 Å². The van der Waals surface area contributed by atoms with E-state index in [0.717, 1.165) is 36.4 Å². The molecule has 0 heterocycles. The van der Waals surface area contributed by atoms with E-state index in [9.17, 15) is 27.9 Å². The standard InChI is InChI=1S/C15H10F3NO4/c16-10-3-1-7(5-9(10)13(20)15(22)23)14(21)19-8-2-4-11(17)12(18)6-8/h1-6,13,20H,(H,19,21)(H,22,23). The summed E-state index contributed by atoms with van der Waals surface area (Å²) in [6.45, 7) is 0. The van der Waals surface area contributed by atoms with Gasteiger partial charge in [0.05, 0.1) is 0 Å². The summed E-state index contributed by atoms with van der Waals surface area (Å²) in [6.07, 6.45) is -2.13. The summed E-state index contributed by atoms with van der Waals surface area (Å²) in [4.78, 5) is 22.7. The Kier molecular flexibility index (Phi) is 4.65. The van der Waals surface area contributed by atoms with E-state index in [1.165, 1.54) is 0 Å². The molecule has 23 heavy (non-hydrogen) atoms. The van der Waals surface area contributed by atoms with Crippen molar-refractivity contribution in [2.75, 3.05) is 5.32 Å². The Hall–Kier alpha value is -2.87. The largest absolute Gasteiger partial charge is 0.479 e. The van der Waals surface area contributed by atoms with Gasteiger partial charge in [-0.3, -0.25) is 4.79 Å². The molecule has 8 heteroatoms. The number of nitrogens with one attached hydrogen (secondary N) is 1. The predicted molar refractivity (Wildman–Crippen MR) is 73.3 cm³/mol. The van der Waals surface area contributed by atoms with Crippen molar-refractivity contribution in [2.45, 2.75) is 6.10 Å². The van der Waals surface area contributed by atoms with Gasteiger partial charge in [-0.25, -0.2) is 18.0 Å². The monoisotopic (exact) mass is 325 g/mol. The number of halogens is 3. The van der Waals surface area contributed by atoms with Gasteiger partial charge in [-0.1, -0.05) is 0 Å². The molecule has 0 aliphatic carbocycles. The zero-order chi connectivity index (χ0) is 17.1. The first-order valence-electron chi connectivity index (χ1n) is 6.26. The van der Waals surface area contributed by atoms with Crippen LogP contribution in [0.15, 0.2) is 36.4 Å². The maximum absolute atomic E-state index is 13.5. The SMILES string of the molecule is O=C(Nc1ccc(F)c(F)c1)c1ccc(F)c(C(O)C(=O)O)c1. The van der Waals surface area contributed by atoms with E-state index in [0.29, 0.717) is 0 Å². The van der Waals surface area contributed by atoms with Crippen molar-refractivity contribution in [1.82, 2.24) is 0 Å². The highest BCUT2D eigenvalue weighted by Gasteiger charge is 2.21. The van der Waals surface area contributed by atoms with Crippen molar-refractivity contribution in [3.05, 3.63) is 65.0 Å². The third kappa shape index (κ3) is 3.67. The number of amides is 1. The number of carbonyl (C=O) groups excluding carboxylic acids is 1. The number of anilines is 1. The lowest BCUT2D eigenvalue weighted by molar-refractivity contribution is -0.147. The first-order valence-corrected chi connectivity index (χ1v) is 6.26. The van der Waals surface area contributed by atoms with Gasteiger partial charge in [-0.2, -0.15) is 0 Å². The number of benzene rings is 2. The lowest BCUT2D eigenvalue weighted by Gasteiger charge is -2.10. The van der Waals surface area contributed by atoms with Crippen LogP contribution in [0.1, 0.15) is 22.0 Å². The number of aliphatic hydroxyl groups excluding tert-OH is 1.